The fourth-order valence-corrected chi connectivity index (χ4v) is 7.20. The summed E-state index contributed by atoms with van der Waals surface area (Å²) in [5.41, 5.74) is 2.93. The van der Waals surface area contributed by atoms with Crippen molar-refractivity contribution in [3.63, 3.8) is 0 Å². The second-order valence-corrected chi connectivity index (χ2v) is 15.0. The minimum absolute atomic E-state index is 0.00519. The Morgan fingerprint density at radius 2 is 1.71 bits per heavy atom. The first-order valence-electron chi connectivity index (χ1n) is 13.4. The maximum atomic E-state index is 11.8. The monoisotopic (exact) mass is 633 g/mol. The first-order chi connectivity index (χ1) is 19.9. The zero-order chi connectivity index (χ0) is 30.1. The van der Waals surface area contributed by atoms with Gasteiger partial charge in [0.25, 0.3) is 0 Å². The number of hydrogen-bond acceptors (Lipinski definition) is 10. The molecule has 2 N–H and O–H groups in total. The Bertz CT molecular complexity index is 1720. The lowest BCUT2D eigenvalue weighted by molar-refractivity contribution is 0.331. The van der Waals surface area contributed by atoms with E-state index in [9.17, 15) is 22.1 Å². The van der Waals surface area contributed by atoms with Gasteiger partial charge >= 0.3 is 0 Å². The number of halogens is 1. The van der Waals surface area contributed by atoms with Crippen LogP contribution in [0.2, 0.25) is 5.02 Å². The average Bonchev–Trinajstić information content (AvgIpc) is 3.62. The lowest BCUT2D eigenvalue weighted by atomic mass is 10.1. The summed E-state index contributed by atoms with van der Waals surface area (Å²) in [6.07, 6.45) is 9.24. The fraction of sp³-hybridized carbons (Fsp3) is 0.462. The second kappa shape index (κ2) is 12.2. The quantitative estimate of drug-likeness (QED) is 0.355. The Morgan fingerprint density at radius 1 is 1.02 bits per heavy atom. The molecular formula is C26H32ClN9O4S2. The van der Waals surface area contributed by atoms with Crippen LogP contribution in [0, 0.1) is 11.3 Å². The third kappa shape index (κ3) is 7.08. The van der Waals surface area contributed by atoms with Gasteiger partial charge in [0, 0.05) is 56.6 Å². The van der Waals surface area contributed by atoms with Crippen LogP contribution in [0.4, 0.5) is 5.95 Å². The van der Waals surface area contributed by atoms with Crippen LogP contribution in [0.5, 0.6) is 0 Å². The van der Waals surface area contributed by atoms with Crippen LogP contribution in [-0.2, 0) is 26.6 Å². The first-order valence-corrected chi connectivity index (χ1v) is 17.5. The van der Waals surface area contributed by atoms with Crippen molar-refractivity contribution in [1.29, 1.82) is 5.26 Å². The zero-order valence-corrected chi connectivity index (χ0v) is 25.6. The smallest absolute Gasteiger partial charge is 0.223 e. The normalized spacial score (nSPS) is 19.1. The fourth-order valence-electron chi connectivity index (χ4n) is 5.15. The Labute approximate surface area is 250 Å². The molecular weight excluding hydrogens is 602 g/mol. The summed E-state index contributed by atoms with van der Waals surface area (Å²) < 4.78 is 51.7. The summed E-state index contributed by atoms with van der Waals surface area (Å²) in [7, 11) is -6.40. The highest BCUT2D eigenvalue weighted by Crippen LogP contribution is 2.27. The predicted octanol–water partition coefficient (Wildman–Crippen LogP) is 1.81. The van der Waals surface area contributed by atoms with Gasteiger partial charge in [0.05, 0.1) is 46.9 Å². The molecule has 3 aromatic rings. The van der Waals surface area contributed by atoms with Crippen molar-refractivity contribution in [1.82, 2.24) is 33.7 Å². The highest BCUT2D eigenvalue weighted by Gasteiger charge is 2.28. The maximum Gasteiger partial charge on any atom is 0.223 e. The average molecular weight is 634 g/mol. The molecule has 13 nitrogen and oxygen atoms in total. The van der Waals surface area contributed by atoms with E-state index in [0.29, 0.717) is 79.0 Å². The Balaban J connectivity index is 1.26. The van der Waals surface area contributed by atoms with Crippen molar-refractivity contribution in [2.75, 3.05) is 44.0 Å². The topological polar surface area (TPSA) is 166 Å². The minimum atomic E-state index is -3.22. The molecule has 0 bridgehead atoms. The summed E-state index contributed by atoms with van der Waals surface area (Å²) in [5.74, 6) is 0.353. The number of anilines is 1. The third-order valence-electron chi connectivity index (χ3n) is 7.50. The number of hydrogen-bond donors (Lipinski definition) is 2. The summed E-state index contributed by atoms with van der Waals surface area (Å²) in [4.78, 5) is 8.87. The summed E-state index contributed by atoms with van der Waals surface area (Å²) in [5, 5.41) is 21.3. The van der Waals surface area contributed by atoms with Crippen LogP contribution in [0.3, 0.4) is 0 Å². The predicted molar refractivity (Wildman–Crippen MR) is 159 cm³/mol. The van der Waals surface area contributed by atoms with E-state index in [1.807, 2.05) is 18.2 Å². The van der Waals surface area contributed by atoms with Crippen LogP contribution in [0.15, 0.2) is 36.8 Å². The molecule has 0 spiro atoms. The number of rotatable bonds is 9. The standard InChI is InChI=1S/C26H32ClN9O4S2/c1-41(37,38)34-8-5-21(6-9-34)32-26-30-14-19(12-28)25(33-26)20-15-31-36(16-20)24-4-3-18(11-23(24)27)13-29-22-7-10-35(17-22)42(2,39)40/h3-4,11,14-16,21-22,29H,5-10,13,17H2,1-2H3,(H,30,32,33). The molecule has 224 valence electrons. The molecule has 42 heavy (non-hydrogen) atoms. The maximum absolute atomic E-state index is 11.8. The Kier molecular flexibility index (Phi) is 8.83. The van der Waals surface area contributed by atoms with Gasteiger partial charge in [-0.2, -0.15) is 10.4 Å². The van der Waals surface area contributed by atoms with Crippen LogP contribution < -0.4 is 10.6 Å². The van der Waals surface area contributed by atoms with Crippen LogP contribution in [0.25, 0.3) is 16.9 Å². The van der Waals surface area contributed by atoms with E-state index in [2.05, 4.69) is 31.8 Å². The van der Waals surface area contributed by atoms with Crippen molar-refractivity contribution in [3.8, 4) is 23.0 Å². The van der Waals surface area contributed by atoms with Gasteiger partial charge in [-0.3, -0.25) is 0 Å². The van der Waals surface area contributed by atoms with Crippen LogP contribution in [-0.4, -0.2) is 96.0 Å². The van der Waals surface area contributed by atoms with E-state index in [0.717, 1.165) is 12.0 Å². The van der Waals surface area contributed by atoms with E-state index < -0.39 is 20.0 Å². The van der Waals surface area contributed by atoms with Crippen molar-refractivity contribution in [2.24, 2.45) is 0 Å². The molecule has 1 unspecified atom stereocenters. The van der Waals surface area contributed by atoms with E-state index in [-0.39, 0.29) is 12.1 Å². The number of nitrogens with zero attached hydrogens (tertiary/aromatic N) is 7. The van der Waals surface area contributed by atoms with Crippen molar-refractivity contribution < 1.29 is 16.8 Å². The molecule has 0 saturated carbocycles. The van der Waals surface area contributed by atoms with Gasteiger partial charge in [-0.15, -0.1) is 0 Å². The van der Waals surface area contributed by atoms with Crippen molar-refractivity contribution >= 4 is 37.6 Å². The van der Waals surface area contributed by atoms with Gasteiger partial charge in [0.2, 0.25) is 26.0 Å². The number of sulfonamides is 2. The highest BCUT2D eigenvalue weighted by molar-refractivity contribution is 7.88. The highest BCUT2D eigenvalue weighted by atomic mass is 35.5. The first kappa shape index (κ1) is 30.3. The number of nitriles is 1. The lowest BCUT2D eigenvalue weighted by Gasteiger charge is -2.30. The summed E-state index contributed by atoms with van der Waals surface area (Å²) in [6, 6.07) is 7.85. The summed E-state index contributed by atoms with van der Waals surface area (Å²) in [6.45, 7) is 2.35. The molecule has 2 aromatic heterocycles. The number of aromatic nitrogens is 4. The second-order valence-electron chi connectivity index (χ2n) is 10.6. The molecule has 16 heteroatoms. The van der Waals surface area contributed by atoms with Gasteiger partial charge in [-0.25, -0.2) is 40.1 Å². The molecule has 0 radical (unpaired) electrons. The lowest BCUT2D eigenvalue weighted by Crippen LogP contribution is -2.42. The van der Waals surface area contributed by atoms with E-state index >= 15 is 0 Å². The van der Waals surface area contributed by atoms with E-state index in [4.69, 9.17) is 11.6 Å². The SMILES string of the molecule is CS(=O)(=O)N1CCC(Nc2ncc(C#N)c(-c3cnn(-c4ccc(CNC5CCN(S(C)(=O)=O)C5)cc4Cl)c3)n2)CC1. The van der Waals surface area contributed by atoms with Gasteiger partial charge in [-0.1, -0.05) is 17.7 Å². The van der Waals surface area contributed by atoms with Gasteiger partial charge in [0.15, 0.2) is 0 Å². The molecule has 2 aliphatic rings. The molecule has 2 fully saturated rings. The largest absolute Gasteiger partial charge is 0.351 e. The molecule has 1 atom stereocenters. The molecule has 4 heterocycles. The number of piperidine rings is 1. The van der Waals surface area contributed by atoms with Crippen LogP contribution in [0.1, 0.15) is 30.4 Å². The third-order valence-corrected chi connectivity index (χ3v) is 10.4. The minimum Gasteiger partial charge on any atom is -0.351 e. The number of nitrogens with one attached hydrogen (secondary N) is 2. The van der Waals surface area contributed by atoms with Crippen LogP contribution >= 0.6 is 11.6 Å². The summed E-state index contributed by atoms with van der Waals surface area (Å²) >= 11 is 6.62. The van der Waals surface area contributed by atoms with Gasteiger partial charge in [0.1, 0.15) is 6.07 Å². The van der Waals surface area contributed by atoms with Gasteiger partial charge < -0.3 is 10.6 Å². The Hall–Kier alpha value is -3.13. The molecule has 0 amide bonds. The van der Waals surface area contributed by atoms with Crippen molar-refractivity contribution in [3.05, 3.63) is 52.9 Å². The van der Waals surface area contributed by atoms with E-state index in [1.165, 1.54) is 27.3 Å². The Morgan fingerprint density at radius 3 is 2.36 bits per heavy atom. The van der Waals surface area contributed by atoms with Gasteiger partial charge in [-0.05, 0) is 37.0 Å². The van der Waals surface area contributed by atoms with Crippen molar-refractivity contribution in [2.45, 2.75) is 37.9 Å². The van der Waals surface area contributed by atoms with E-state index in [1.54, 1.807) is 17.1 Å². The molecule has 0 aliphatic carbocycles. The number of benzene rings is 1. The molecule has 1 aromatic carbocycles. The molecule has 2 aliphatic heterocycles. The zero-order valence-electron chi connectivity index (χ0n) is 23.2. The molecule has 2 saturated heterocycles. The molecule has 5 rings (SSSR count).